The van der Waals surface area contributed by atoms with E-state index in [4.69, 9.17) is 9.47 Å². The number of benzene rings is 2. The van der Waals surface area contributed by atoms with Crippen LogP contribution in [-0.4, -0.2) is 24.3 Å². The first-order valence-electron chi connectivity index (χ1n) is 10.3. The Morgan fingerprint density at radius 2 is 1.88 bits per heavy atom. The fraction of sp³-hybridized carbons (Fsp3) is 0.240. The molecule has 0 unspecified atom stereocenters. The number of para-hydroxylation sites is 1. The van der Waals surface area contributed by atoms with E-state index >= 15 is 0 Å². The van der Waals surface area contributed by atoms with Gasteiger partial charge in [0.05, 0.1) is 29.5 Å². The first kappa shape index (κ1) is 21.8. The molecule has 164 valence electrons. The lowest BCUT2D eigenvalue weighted by Crippen LogP contribution is -2.40. The van der Waals surface area contributed by atoms with Gasteiger partial charge >= 0.3 is 5.97 Å². The molecule has 6 nitrogen and oxygen atoms in total. The van der Waals surface area contributed by atoms with Gasteiger partial charge in [0.25, 0.3) is 5.56 Å². The van der Waals surface area contributed by atoms with Gasteiger partial charge in [0, 0.05) is 5.56 Å². The van der Waals surface area contributed by atoms with Crippen molar-refractivity contribution in [2.45, 2.75) is 26.8 Å². The number of carbonyl (C=O) groups is 1. The van der Waals surface area contributed by atoms with Crippen LogP contribution in [0.15, 0.2) is 69.6 Å². The number of rotatable bonds is 5. The monoisotopic (exact) mass is 448 g/mol. The van der Waals surface area contributed by atoms with Gasteiger partial charge in [-0.2, -0.15) is 0 Å². The predicted octanol–water partition coefficient (Wildman–Crippen LogP) is 3.12. The van der Waals surface area contributed by atoms with Crippen molar-refractivity contribution < 1.29 is 14.3 Å². The van der Waals surface area contributed by atoms with Crippen LogP contribution in [0.1, 0.15) is 36.6 Å². The molecule has 1 aromatic heterocycles. The van der Waals surface area contributed by atoms with Crippen molar-refractivity contribution in [3.05, 3.63) is 96.2 Å². The number of carbonyl (C=O) groups excluding carboxylic acids is 1. The van der Waals surface area contributed by atoms with E-state index in [1.165, 1.54) is 11.3 Å². The first-order valence-corrected chi connectivity index (χ1v) is 11.2. The molecular formula is C25H24N2O4S. The van der Waals surface area contributed by atoms with Crippen LogP contribution in [0.25, 0.3) is 6.08 Å². The maximum Gasteiger partial charge on any atom is 0.338 e. The molecule has 0 bridgehead atoms. The molecule has 1 aliphatic heterocycles. The summed E-state index contributed by atoms with van der Waals surface area (Å²) in [6.07, 6.45) is 1.85. The Bertz CT molecular complexity index is 1380. The van der Waals surface area contributed by atoms with Crippen LogP contribution < -0.4 is 19.6 Å². The van der Waals surface area contributed by atoms with Crippen LogP contribution >= 0.6 is 11.3 Å². The zero-order valence-electron chi connectivity index (χ0n) is 18.4. The number of hydrogen-bond acceptors (Lipinski definition) is 6. The van der Waals surface area contributed by atoms with Crippen LogP contribution in [0.4, 0.5) is 0 Å². The molecule has 1 aliphatic rings. The van der Waals surface area contributed by atoms with Crippen molar-refractivity contribution in [3.63, 3.8) is 0 Å². The van der Waals surface area contributed by atoms with Crippen molar-refractivity contribution >= 4 is 23.4 Å². The summed E-state index contributed by atoms with van der Waals surface area (Å²) in [5.41, 5.74) is 3.44. The van der Waals surface area contributed by atoms with Crippen LogP contribution in [0.3, 0.4) is 0 Å². The van der Waals surface area contributed by atoms with Gasteiger partial charge < -0.3 is 9.47 Å². The number of aryl methyl sites for hydroxylation is 1. The van der Waals surface area contributed by atoms with E-state index < -0.39 is 12.0 Å². The molecule has 0 aliphatic carbocycles. The molecule has 0 amide bonds. The molecule has 4 rings (SSSR count). The number of allylic oxidation sites excluding steroid dienone is 1. The van der Waals surface area contributed by atoms with E-state index in [2.05, 4.69) is 4.99 Å². The topological polar surface area (TPSA) is 69.9 Å². The zero-order chi connectivity index (χ0) is 22.8. The summed E-state index contributed by atoms with van der Waals surface area (Å²) in [5.74, 6) is 0.0968. The standard InChI is InChI=1S/C25H24N2O4S/c1-5-31-24(29)21-16(3)26-25-27(22(21)18-8-6-7-9-19(18)30-4)23(28)20(32-25)14-17-12-10-15(2)11-13-17/h6-14,22H,5H2,1-4H3/b20-14+/t22-/m0/s1. The number of aromatic nitrogens is 1. The molecule has 0 N–H and O–H groups in total. The summed E-state index contributed by atoms with van der Waals surface area (Å²) < 4.78 is 13.0. The zero-order valence-corrected chi connectivity index (χ0v) is 19.2. The largest absolute Gasteiger partial charge is 0.496 e. The molecule has 2 aromatic carbocycles. The molecule has 3 aromatic rings. The Labute approximate surface area is 189 Å². The molecular weight excluding hydrogens is 424 g/mol. The highest BCUT2D eigenvalue weighted by molar-refractivity contribution is 7.07. The Kier molecular flexibility index (Phi) is 6.10. The van der Waals surface area contributed by atoms with E-state index in [0.717, 1.165) is 11.1 Å². The number of methoxy groups -OCH3 is 1. The van der Waals surface area contributed by atoms with Crippen molar-refractivity contribution in [2.75, 3.05) is 13.7 Å². The van der Waals surface area contributed by atoms with Gasteiger partial charge in [-0.15, -0.1) is 0 Å². The highest BCUT2D eigenvalue weighted by Gasteiger charge is 2.34. The SMILES string of the molecule is CCOC(=O)C1=C(C)N=c2s/c(=C/c3ccc(C)cc3)c(=O)n2[C@H]1c1ccccc1OC. The lowest BCUT2D eigenvalue weighted by Gasteiger charge is -2.25. The van der Waals surface area contributed by atoms with Gasteiger partial charge in [-0.25, -0.2) is 9.79 Å². The van der Waals surface area contributed by atoms with Crippen LogP contribution in [0, 0.1) is 6.92 Å². The number of hydrogen-bond donors (Lipinski definition) is 0. The third-order valence-electron chi connectivity index (χ3n) is 5.33. The number of fused-ring (bicyclic) bond motifs is 1. The fourth-order valence-electron chi connectivity index (χ4n) is 3.79. The Balaban J connectivity index is 1.98. The highest BCUT2D eigenvalue weighted by atomic mass is 32.1. The molecule has 0 fully saturated rings. The number of nitrogens with zero attached hydrogens (tertiary/aromatic N) is 2. The van der Waals surface area contributed by atoms with Crippen LogP contribution in [0.2, 0.25) is 0 Å². The summed E-state index contributed by atoms with van der Waals surface area (Å²) >= 11 is 1.30. The van der Waals surface area contributed by atoms with E-state index in [0.29, 0.717) is 31.9 Å². The fourth-order valence-corrected chi connectivity index (χ4v) is 4.84. The van der Waals surface area contributed by atoms with Crippen molar-refractivity contribution in [2.24, 2.45) is 4.99 Å². The molecule has 0 spiro atoms. The summed E-state index contributed by atoms with van der Waals surface area (Å²) in [6.45, 7) is 5.77. The van der Waals surface area contributed by atoms with E-state index in [1.54, 1.807) is 25.5 Å². The van der Waals surface area contributed by atoms with E-state index in [9.17, 15) is 9.59 Å². The molecule has 1 atom stereocenters. The summed E-state index contributed by atoms with van der Waals surface area (Å²) in [7, 11) is 1.57. The molecule has 0 radical (unpaired) electrons. The third-order valence-corrected chi connectivity index (χ3v) is 6.31. The minimum Gasteiger partial charge on any atom is -0.496 e. The van der Waals surface area contributed by atoms with E-state index in [-0.39, 0.29) is 12.2 Å². The van der Waals surface area contributed by atoms with Gasteiger partial charge in [0.15, 0.2) is 4.80 Å². The minimum atomic E-state index is -0.693. The van der Waals surface area contributed by atoms with Gasteiger partial charge in [-0.1, -0.05) is 59.4 Å². The maximum atomic E-state index is 13.6. The smallest absolute Gasteiger partial charge is 0.338 e. The summed E-state index contributed by atoms with van der Waals surface area (Å²) in [6, 6.07) is 14.6. The molecule has 0 saturated carbocycles. The van der Waals surface area contributed by atoms with Gasteiger partial charge in [-0.3, -0.25) is 9.36 Å². The number of ether oxygens (including phenoxy) is 2. The molecule has 0 saturated heterocycles. The van der Waals surface area contributed by atoms with Crippen LogP contribution in [0.5, 0.6) is 5.75 Å². The van der Waals surface area contributed by atoms with E-state index in [1.807, 2.05) is 61.5 Å². The average Bonchev–Trinajstić information content (AvgIpc) is 3.09. The Morgan fingerprint density at radius 3 is 2.56 bits per heavy atom. The van der Waals surface area contributed by atoms with Crippen molar-refractivity contribution in [1.29, 1.82) is 0 Å². The molecule has 32 heavy (non-hydrogen) atoms. The minimum absolute atomic E-state index is 0.209. The highest BCUT2D eigenvalue weighted by Crippen LogP contribution is 2.35. The lowest BCUT2D eigenvalue weighted by atomic mass is 9.95. The Hall–Kier alpha value is -3.45. The summed E-state index contributed by atoms with van der Waals surface area (Å²) in [4.78, 5) is 31.6. The number of thiazole rings is 1. The third kappa shape index (κ3) is 3.91. The second kappa shape index (κ2) is 8.96. The second-order valence-corrected chi connectivity index (χ2v) is 8.46. The van der Waals surface area contributed by atoms with Gasteiger partial charge in [0.1, 0.15) is 11.8 Å². The van der Waals surface area contributed by atoms with Gasteiger partial charge in [0.2, 0.25) is 0 Å². The summed E-state index contributed by atoms with van der Waals surface area (Å²) in [5, 5.41) is 0. The van der Waals surface area contributed by atoms with Crippen LogP contribution in [-0.2, 0) is 9.53 Å². The average molecular weight is 449 g/mol. The van der Waals surface area contributed by atoms with Crippen molar-refractivity contribution in [3.8, 4) is 5.75 Å². The predicted molar refractivity (Wildman–Crippen MR) is 125 cm³/mol. The molecule has 7 heteroatoms. The molecule has 2 heterocycles. The van der Waals surface area contributed by atoms with Gasteiger partial charge in [-0.05, 0) is 38.5 Å². The van der Waals surface area contributed by atoms with Crippen molar-refractivity contribution in [1.82, 2.24) is 4.57 Å². The first-order chi connectivity index (χ1) is 15.4. The second-order valence-electron chi connectivity index (χ2n) is 7.45. The quantitative estimate of drug-likeness (QED) is 0.563. The number of esters is 1. The maximum absolute atomic E-state index is 13.6. The normalized spacial score (nSPS) is 15.9. The Morgan fingerprint density at radius 1 is 1.16 bits per heavy atom. The lowest BCUT2D eigenvalue weighted by molar-refractivity contribution is -0.139.